The molecule has 1 heterocycles. The van der Waals surface area contributed by atoms with Crippen molar-refractivity contribution in [3.8, 4) is 0 Å². The molecule has 132 valence electrons. The number of aromatic nitrogens is 3. The first kappa shape index (κ1) is 19.5. The number of rotatable bonds is 9. The van der Waals surface area contributed by atoms with Crippen molar-refractivity contribution in [3.05, 3.63) is 17.5 Å². The highest BCUT2D eigenvalue weighted by atomic mass is 16.2. The van der Waals surface area contributed by atoms with Crippen LogP contribution in [0.15, 0.2) is 0 Å². The Morgan fingerprint density at radius 3 is 1.08 bits per heavy atom. The van der Waals surface area contributed by atoms with Crippen molar-refractivity contribution in [2.45, 2.75) is 40.0 Å². The third-order valence-corrected chi connectivity index (χ3v) is 2.85. The van der Waals surface area contributed by atoms with E-state index in [1.165, 1.54) is 0 Å². The fourth-order valence-electron chi connectivity index (χ4n) is 1.63. The van der Waals surface area contributed by atoms with Crippen LogP contribution in [-0.2, 0) is 0 Å². The third-order valence-electron chi connectivity index (χ3n) is 2.85. The van der Waals surface area contributed by atoms with Crippen molar-refractivity contribution in [1.29, 1.82) is 0 Å². The summed E-state index contributed by atoms with van der Waals surface area (Å²) < 4.78 is 0. The fourth-order valence-corrected chi connectivity index (χ4v) is 1.63. The topological polar surface area (TPSA) is 126 Å². The van der Waals surface area contributed by atoms with Crippen LogP contribution in [0.3, 0.4) is 0 Å². The van der Waals surface area contributed by atoms with Gasteiger partial charge in [-0.3, -0.25) is 14.4 Å². The standard InChI is InChI=1S/C15H24N6O3/c1-4-7-16-13(22)10-19-11(14(23)17-8-5-2)21-12(20-10)15(24)18-9-6-3/h4-9H2,1-3H3,(H,16,22)(H,17,23)(H,18,24). The lowest BCUT2D eigenvalue weighted by Crippen LogP contribution is -2.33. The summed E-state index contributed by atoms with van der Waals surface area (Å²) in [5, 5.41) is 7.84. The SMILES string of the molecule is CCCNC(=O)c1nc(C(=O)NCCC)nc(C(=O)NCCC)n1. The van der Waals surface area contributed by atoms with E-state index < -0.39 is 17.7 Å². The minimum atomic E-state index is -0.548. The average Bonchev–Trinajstić information content (AvgIpc) is 2.61. The number of nitrogens with zero attached hydrogens (tertiary/aromatic N) is 3. The smallest absolute Gasteiger partial charge is 0.289 e. The lowest BCUT2D eigenvalue weighted by Gasteiger charge is -2.08. The van der Waals surface area contributed by atoms with Crippen molar-refractivity contribution in [2.75, 3.05) is 19.6 Å². The highest BCUT2D eigenvalue weighted by Gasteiger charge is 2.20. The summed E-state index contributed by atoms with van der Waals surface area (Å²) in [6.45, 7) is 7.04. The second-order valence-electron chi connectivity index (χ2n) is 5.07. The number of carbonyl (C=O) groups excluding carboxylic acids is 3. The van der Waals surface area contributed by atoms with Crippen LogP contribution in [0, 0.1) is 0 Å². The van der Waals surface area contributed by atoms with Crippen molar-refractivity contribution in [3.63, 3.8) is 0 Å². The largest absolute Gasteiger partial charge is 0.349 e. The molecule has 0 atom stereocenters. The van der Waals surface area contributed by atoms with Gasteiger partial charge in [0, 0.05) is 19.6 Å². The van der Waals surface area contributed by atoms with E-state index >= 15 is 0 Å². The Labute approximate surface area is 141 Å². The Kier molecular flexibility index (Phi) is 8.31. The molecule has 0 saturated carbocycles. The molecule has 0 aromatic carbocycles. The second-order valence-corrected chi connectivity index (χ2v) is 5.07. The Morgan fingerprint density at radius 2 is 0.875 bits per heavy atom. The van der Waals surface area contributed by atoms with Gasteiger partial charge in [0.1, 0.15) is 0 Å². The fraction of sp³-hybridized carbons (Fsp3) is 0.600. The van der Waals surface area contributed by atoms with Crippen molar-refractivity contribution >= 4 is 17.7 Å². The molecule has 24 heavy (non-hydrogen) atoms. The number of nitrogens with one attached hydrogen (secondary N) is 3. The molecule has 9 heteroatoms. The molecule has 1 aromatic rings. The molecule has 0 unspecified atom stereocenters. The van der Waals surface area contributed by atoms with Crippen LogP contribution in [0.2, 0.25) is 0 Å². The monoisotopic (exact) mass is 336 g/mol. The first-order chi connectivity index (χ1) is 11.5. The van der Waals surface area contributed by atoms with Crippen molar-refractivity contribution in [2.24, 2.45) is 0 Å². The molecule has 0 fully saturated rings. The summed E-state index contributed by atoms with van der Waals surface area (Å²) in [6.07, 6.45) is 2.22. The summed E-state index contributed by atoms with van der Waals surface area (Å²) in [7, 11) is 0. The first-order valence-corrected chi connectivity index (χ1v) is 8.14. The second kappa shape index (κ2) is 10.2. The number of carbonyl (C=O) groups is 3. The van der Waals surface area contributed by atoms with Gasteiger partial charge in [-0.05, 0) is 19.3 Å². The summed E-state index contributed by atoms with van der Waals surface area (Å²) in [4.78, 5) is 47.8. The van der Waals surface area contributed by atoms with E-state index in [0.717, 1.165) is 19.3 Å². The van der Waals surface area contributed by atoms with E-state index in [-0.39, 0.29) is 17.5 Å². The van der Waals surface area contributed by atoms with Gasteiger partial charge in [0.15, 0.2) is 0 Å². The average molecular weight is 336 g/mol. The van der Waals surface area contributed by atoms with Gasteiger partial charge in [-0.1, -0.05) is 20.8 Å². The molecule has 0 aliphatic carbocycles. The van der Waals surface area contributed by atoms with Crippen molar-refractivity contribution < 1.29 is 14.4 Å². The molecule has 9 nitrogen and oxygen atoms in total. The van der Waals surface area contributed by atoms with Crippen LogP contribution in [0.4, 0.5) is 0 Å². The van der Waals surface area contributed by atoms with Gasteiger partial charge in [0.25, 0.3) is 17.7 Å². The third kappa shape index (κ3) is 5.90. The van der Waals surface area contributed by atoms with E-state index in [4.69, 9.17) is 0 Å². The maximum Gasteiger partial charge on any atom is 0.289 e. The Bertz CT molecular complexity index is 497. The van der Waals surface area contributed by atoms with Gasteiger partial charge in [0.2, 0.25) is 17.5 Å². The summed E-state index contributed by atoms with van der Waals surface area (Å²) in [5.74, 6) is -2.39. The highest BCUT2D eigenvalue weighted by molar-refractivity contribution is 5.97. The normalized spacial score (nSPS) is 10.1. The van der Waals surface area contributed by atoms with E-state index in [2.05, 4.69) is 30.9 Å². The molecule has 1 aromatic heterocycles. The molecular weight excluding hydrogens is 312 g/mol. The molecule has 0 radical (unpaired) electrons. The lowest BCUT2D eigenvalue weighted by molar-refractivity contribution is 0.0929. The Balaban J connectivity index is 3.11. The summed E-state index contributed by atoms with van der Waals surface area (Å²) in [5.41, 5.74) is 0. The zero-order valence-electron chi connectivity index (χ0n) is 14.3. The van der Waals surface area contributed by atoms with Crippen molar-refractivity contribution in [1.82, 2.24) is 30.9 Å². The molecule has 1 rings (SSSR count). The molecule has 0 aliphatic rings. The first-order valence-electron chi connectivity index (χ1n) is 8.14. The maximum absolute atomic E-state index is 12.1. The van der Waals surface area contributed by atoms with Crippen LogP contribution in [-0.4, -0.2) is 52.3 Å². The van der Waals surface area contributed by atoms with Gasteiger partial charge in [0.05, 0.1) is 0 Å². The number of hydrogen-bond donors (Lipinski definition) is 3. The molecule has 0 bridgehead atoms. The van der Waals surface area contributed by atoms with Crippen LogP contribution >= 0.6 is 0 Å². The Hall–Kier alpha value is -2.58. The predicted octanol–water partition coefficient (Wildman–Crippen LogP) is 0.291. The highest BCUT2D eigenvalue weighted by Crippen LogP contribution is 1.99. The molecule has 0 saturated heterocycles. The zero-order chi connectivity index (χ0) is 17.9. The van der Waals surface area contributed by atoms with Gasteiger partial charge in [-0.15, -0.1) is 0 Å². The van der Waals surface area contributed by atoms with Crippen LogP contribution in [0.25, 0.3) is 0 Å². The molecule has 0 aliphatic heterocycles. The van der Waals surface area contributed by atoms with Gasteiger partial charge < -0.3 is 16.0 Å². The van der Waals surface area contributed by atoms with E-state index in [9.17, 15) is 14.4 Å². The minimum Gasteiger partial charge on any atom is -0.349 e. The molecule has 3 N–H and O–H groups in total. The van der Waals surface area contributed by atoms with Gasteiger partial charge >= 0.3 is 0 Å². The molecule has 0 spiro atoms. The number of hydrogen-bond acceptors (Lipinski definition) is 6. The minimum absolute atomic E-state index is 0.248. The molecule has 3 amide bonds. The number of amides is 3. The van der Waals surface area contributed by atoms with Crippen LogP contribution < -0.4 is 16.0 Å². The predicted molar refractivity (Wildman–Crippen MR) is 87.7 cm³/mol. The molecular formula is C15H24N6O3. The van der Waals surface area contributed by atoms with E-state index in [1.807, 2.05) is 20.8 Å². The van der Waals surface area contributed by atoms with E-state index in [0.29, 0.717) is 19.6 Å². The van der Waals surface area contributed by atoms with Crippen LogP contribution in [0.1, 0.15) is 71.9 Å². The summed E-state index contributed by atoms with van der Waals surface area (Å²) in [6, 6.07) is 0. The lowest BCUT2D eigenvalue weighted by atomic mass is 10.4. The zero-order valence-corrected chi connectivity index (χ0v) is 14.3. The Morgan fingerprint density at radius 1 is 0.625 bits per heavy atom. The maximum atomic E-state index is 12.1. The van der Waals surface area contributed by atoms with Crippen LogP contribution in [0.5, 0.6) is 0 Å². The quantitative estimate of drug-likeness (QED) is 0.595. The van der Waals surface area contributed by atoms with Gasteiger partial charge in [-0.2, -0.15) is 15.0 Å². The summed E-state index contributed by atoms with van der Waals surface area (Å²) >= 11 is 0. The van der Waals surface area contributed by atoms with Gasteiger partial charge in [-0.25, -0.2) is 0 Å². The van der Waals surface area contributed by atoms with E-state index in [1.54, 1.807) is 0 Å².